The summed E-state index contributed by atoms with van der Waals surface area (Å²) in [5.74, 6) is 0.643. The fourth-order valence-corrected chi connectivity index (χ4v) is 11.9. The van der Waals surface area contributed by atoms with Gasteiger partial charge in [-0.1, -0.05) is 134 Å². The van der Waals surface area contributed by atoms with Crippen molar-refractivity contribution in [1.29, 1.82) is 0 Å². The predicted molar refractivity (Wildman–Crippen MR) is 287 cm³/mol. The van der Waals surface area contributed by atoms with Crippen LogP contribution in [0.3, 0.4) is 0 Å². The monoisotopic (exact) mass is 884 g/mol. The molecule has 0 aliphatic heterocycles. The van der Waals surface area contributed by atoms with Crippen molar-refractivity contribution in [2.45, 2.75) is 31.6 Å². The molecular formula is C65H44N2O2. The van der Waals surface area contributed by atoms with Crippen molar-refractivity contribution in [3.05, 3.63) is 218 Å². The molecule has 326 valence electrons. The smallest absolute Gasteiger partial charge is 0.135 e. The minimum atomic E-state index is 0.643. The summed E-state index contributed by atoms with van der Waals surface area (Å²) in [7, 11) is 0. The minimum Gasteiger partial charge on any atom is -0.456 e. The van der Waals surface area contributed by atoms with Gasteiger partial charge in [0.25, 0.3) is 0 Å². The van der Waals surface area contributed by atoms with Gasteiger partial charge in [-0.2, -0.15) is 0 Å². The first-order valence-electron chi connectivity index (χ1n) is 24.3. The summed E-state index contributed by atoms with van der Waals surface area (Å²) >= 11 is 0. The average Bonchev–Trinajstić information content (AvgIpc) is 4.26. The average molecular weight is 885 g/mol. The molecule has 15 rings (SSSR count). The Kier molecular flexibility index (Phi) is 8.34. The molecule has 1 aliphatic rings. The quantitative estimate of drug-likeness (QED) is 0.167. The van der Waals surface area contributed by atoms with Crippen LogP contribution in [-0.2, 0) is 0 Å². The largest absolute Gasteiger partial charge is 0.456 e. The van der Waals surface area contributed by atoms with Gasteiger partial charge in [-0.25, -0.2) is 0 Å². The molecule has 1 aliphatic carbocycles. The van der Waals surface area contributed by atoms with Gasteiger partial charge in [0.15, 0.2) is 0 Å². The lowest BCUT2D eigenvalue weighted by molar-refractivity contribution is 0.668. The fourth-order valence-electron chi connectivity index (χ4n) is 11.9. The number of para-hydroxylation sites is 2. The second kappa shape index (κ2) is 15.0. The van der Waals surface area contributed by atoms with E-state index in [4.69, 9.17) is 8.83 Å². The molecule has 4 heterocycles. The molecule has 0 amide bonds. The molecule has 0 radical (unpaired) electrons. The summed E-state index contributed by atoms with van der Waals surface area (Å²) in [6, 6.07) is 77.9. The number of rotatable bonds is 6. The number of fused-ring (bicyclic) bond motifs is 12. The van der Waals surface area contributed by atoms with Gasteiger partial charge in [0.2, 0.25) is 0 Å². The lowest BCUT2D eigenvalue weighted by Gasteiger charge is -2.11. The molecule has 0 bridgehead atoms. The van der Waals surface area contributed by atoms with E-state index in [0.717, 1.165) is 55.3 Å². The molecule has 1 fully saturated rings. The first-order valence-corrected chi connectivity index (χ1v) is 24.3. The van der Waals surface area contributed by atoms with Crippen molar-refractivity contribution in [2.75, 3.05) is 0 Å². The summed E-state index contributed by atoms with van der Waals surface area (Å²) in [6.45, 7) is 0. The van der Waals surface area contributed by atoms with Gasteiger partial charge in [0.05, 0.1) is 22.1 Å². The zero-order chi connectivity index (χ0) is 45.2. The van der Waals surface area contributed by atoms with Gasteiger partial charge in [0.1, 0.15) is 22.3 Å². The first kappa shape index (κ1) is 38.5. The summed E-state index contributed by atoms with van der Waals surface area (Å²) in [5, 5.41) is 9.56. The molecule has 0 unspecified atom stereocenters. The Hall–Kier alpha value is -8.60. The number of aromatic nitrogens is 2. The Morgan fingerprint density at radius 3 is 1.33 bits per heavy atom. The molecule has 0 N–H and O–H groups in total. The third kappa shape index (κ3) is 6.01. The number of hydrogen-bond donors (Lipinski definition) is 0. The summed E-state index contributed by atoms with van der Waals surface area (Å²) in [6.07, 6.45) is 5.20. The summed E-state index contributed by atoms with van der Waals surface area (Å²) < 4.78 is 17.4. The maximum atomic E-state index is 6.28. The normalized spacial score (nSPS) is 13.5. The van der Waals surface area contributed by atoms with Crippen LogP contribution in [-0.4, -0.2) is 9.13 Å². The molecule has 14 aromatic rings. The Balaban J connectivity index is 0.852. The molecule has 0 spiro atoms. The van der Waals surface area contributed by atoms with Gasteiger partial charge in [-0.3, -0.25) is 0 Å². The van der Waals surface area contributed by atoms with E-state index in [9.17, 15) is 0 Å². The maximum absolute atomic E-state index is 6.28. The van der Waals surface area contributed by atoms with Crippen molar-refractivity contribution in [3.63, 3.8) is 0 Å². The molecule has 4 nitrogen and oxygen atoms in total. The third-order valence-electron chi connectivity index (χ3n) is 15.3. The van der Waals surface area contributed by atoms with E-state index >= 15 is 0 Å². The van der Waals surface area contributed by atoms with E-state index in [-0.39, 0.29) is 0 Å². The molecule has 1 saturated carbocycles. The van der Waals surface area contributed by atoms with Crippen LogP contribution in [0.1, 0.15) is 37.2 Å². The van der Waals surface area contributed by atoms with Crippen LogP contribution in [0.15, 0.2) is 221 Å². The van der Waals surface area contributed by atoms with Crippen LogP contribution in [0.4, 0.5) is 0 Å². The highest BCUT2D eigenvalue weighted by molar-refractivity contribution is 6.14. The Morgan fingerprint density at radius 1 is 0.290 bits per heavy atom. The SMILES string of the molecule is c1ccc(-c2ccc3c(c2)c2cc(-c4ccc(-c5ccc6c7cc(C8CCCC8)ccc7n(-c7ccc8oc9ccccc9c8c7)c6c5)cc4)ccc2n3-c2ccc3oc4ccccc4c3c2)cc1. The van der Waals surface area contributed by atoms with Gasteiger partial charge in [-0.15, -0.1) is 0 Å². The lowest BCUT2D eigenvalue weighted by Crippen LogP contribution is -1.95. The van der Waals surface area contributed by atoms with E-state index in [1.807, 2.05) is 18.2 Å². The topological polar surface area (TPSA) is 36.1 Å². The maximum Gasteiger partial charge on any atom is 0.135 e. The predicted octanol–water partition coefficient (Wildman–Crippen LogP) is 18.3. The molecule has 10 aromatic carbocycles. The van der Waals surface area contributed by atoms with Crippen molar-refractivity contribution in [1.82, 2.24) is 9.13 Å². The number of nitrogens with zero attached hydrogens (tertiary/aromatic N) is 2. The van der Waals surface area contributed by atoms with Crippen LogP contribution in [0.25, 0.3) is 132 Å². The van der Waals surface area contributed by atoms with Crippen LogP contribution in [0.5, 0.6) is 0 Å². The number of furan rings is 2. The summed E-state index contributed by atoms with van der Waals surface area (Å²) in [4.78, 5) is 0. The molecule has 0 atom stereocenters. The fraction of sp³-hybridized carbons (Fsp3) is 0.0769. The Labute approximate surface area is 397 Å². The van der Waals surface area contributed by atoms with E-state index in [0.29, 0.717) is 5.92 Å². The van der Waals surface area contributed by atoms with Crippen molar-refractivity contribution >= 4 is 87.5 Å². The highest BCUT2D eigenvalue weighted by Crippen LogP contribution is 2.43. The zero-order valence-corrected chi connectivity index (χ0v) is 37.8. The molecule has 0 saturated heterocycles. The van der Waals surface area contributed by atoms with Gasteiger partial charge >= 0.3 is 0 Å². The zero-order valence-electron chi connectivity index (χ0n) is 37.8. The molecule has 69 heavy (non-hydrogen) atoms. The number of hydrogen-bond acceptors (Lipinski definition) is 2. The second-order valence-corrected chi connectivity index (χ2v) is 19.1. The van der Waals surface area contributed by atoms with Crippen LogP contribution < -0.4 is 0 Å². The van der Waals surface area contributed by atoms with Crippen LogP contribution >= 0.6 is 0 Å². The highest BCUT2D eigenvalue weighted by atomic mass is 16.3. The van der Waals surface area contributed by atoms with Gasteiger partial charge in [0, 0.05) is 54.5 Å². The van der Waals surface area contributed by atoms with E-state index in [2.05, 4.69) is 203 Å². The summed E-state index contributed by atoms with van der Waals surface area (Å²) in [5.41, 5.74) is 19.3. The van der Waals surface area contributed by atoms with Gasteiger partial charge < -0.3 is 18.0 Å². The van der Waals surface area contributed by atoms with E-state index in [1.54, 1.807) is 0 Å². The Morgan fingerprint density at radius 2 is 0.739 bits per heavy atom. The minimum absolute atomic E-state index is 0.643. The van der Waals surface area contributed by atoms with Gasteiger partial charge in [-0.05, 0) is 149 Å². The van der Waals surface area contributed by atoms with E-state index in [1.165, 1.54) is 108 Å². The molecule has 4 heteroatoms. The van der Waals surface area contributed by atoms with Crippen LogP contribution in [0, 0.1) is 0 Å². The van der Waals surface area contributed by atoms with Crippen molar-refractivity contribution in [2.24, 2.45) is 0 Å². The highest BCUT2D eigenvalue weighted by Gasteiger charge is 2.22. The lowest BCUT2D eigenvalue weighted by atomic mass is 9.95. The molecule has 4 aromatic heterocycles. The number of benzene rings is 10. The van der Waals surface area contributed by atoms with E-state index < -0.39 is 0 Å². The third-order valence-corrected chi connectivity index (χ3v) is 15.3. The van der Waals surface area contributed by atoms with Crippen LogP contribution in [0.2, 0.25) is 0 Å². The second-order valence-electron chi connectivity index (χ2n) is 19.1. The van der Waals surface area contributed by atoms with Crippen molar-refractivity contribution < 1.29 is 8.83 Å². The van der Waals surface area contributed by atoms with Crippen molar-refractivity contribution in [3.8, 4) is 44.8 Å². The molecular weight excluding hydrogens is 841 g/mol. The Bertz CT molecular complexity index is 4360. The first-order chi connectivity index (χ1) is 34.2. The standard InChI is InChI=1S/C65H44N2O2/c1-2-10-40(11-3-1)45-24-30-59-54(35-45)55-36-46(25-31-60(55)66(59)48-26-32-64-56(38-48)51-14-6-8-16-62(51)68-64)42-18-20-43(21-19-42)47-22-28-50-53-34-44(41-12-4-5-13-41)23-29-58(53)67(61(50)37-47)49-27-33-65-57(39-49)52-15-7-9-17-63(52)69-65/h1-3,6-11,14-39,41H,4-5,12-13H2.